The van der Waals surface area contributed by atoms with Crippen molar-refractivity contribution in [2.45, 2.75) is 18.7 Å². The highest BCUT2D eigenvalue weighted by Crippen LogP contribution is 2.25. The Hall–Kier alpha value is -2.06. The van der Waals surface area contributed by atoms with E-state index < -0.39 is 0 Å². The molecule has 0 N–H and O–H groups in total. The number of hydrogen-bond acceptors (Lipinski definition) is 1. The minimum atomic E-state index is -0.0655. The Morgan fingerprint density at radius 2 is 1.90 bits per heavy atom. The van der Waals surface area contributed by atoms with Gasteiger partial charge in [-0.3, -0.25) is 0 Å². The summed E-state index contributed by atoms with van der Waals surface area (Å²) < 4.78 is 1.86. The van der Waals surface area contributed by atoms with Crippen molar-refractivity contribution in [1.29, 1.82) is 0 Å². The van der Waals surface area contributed by atoms with Gasteiger partial charge in [-0.25, -0.2) is 4.68 Å². The molecule has 0 spiro atoms. The van der Waals surface area contributed by atoms with Crippen molar-refractivity contribution in [1.82, 2.24) is 9.78 Å². The van der Waals surface area contributed by atoms with Crippen molar-refractivity contribution < 1.29 is 0 Å². The minimum Gasteiger partial charge on any atom is -0.241 e. The van der Waals surface area contributed by atoms with Gasteiger partial charge in [0.1, 0.15) is 0 Å². The van der Waals surface area contributed by atoms with E-state index >= 15 is 0 Å². The number of halogens is 1. The van der Waals surface area contributed by atoms with Crippen molar-refractivity contribution in [2.75, 3.05) is 0 Å². The van der Waals surface area contributed by atoms with Crippen molar-refractivity contribution >= 4 is 11.6 Å². The monoisotopic (exact) mass is 296 g/mol. The molecule has 0 saturated heterocycles. The molecule has 3 rings (SSSR count). The molecule has 0 aliphatic rings. The van der Waals surface area contributed by atoms with Crippen LogP contribution in [-0.2, 0) is 6.42 Å². The lowest BCUT2D eigenvalue weighted by Crippen LogP contribution is -1.96. The maximum absolute atomic E-state index is 6.54. The molecule has 2 aromatic carbocycles. The van der Waals surface area contributed by atoms with Crippen LogP contribution in [0.2, 0.25) is 0 Å². The molecule has 3 aromatic rings. The number of alkyl halides is 1. The molecule has 0 fully saturated rings. The molecule has 1 unspecified atom stereocenters. The molecule has 0 aliphatic carbocycles. The lowest BCUT2D eigenvalue weighted by atomic mass is 10.0. The molecule has 21 heavy (non-hydrogen) atoms. The van der Waals surface area contributed by atoms with Crippen LogP contribution >= 0.6 is 11.6 Å². The Morgan fingerprint density at radius 3 is 2.67 bits per heavy atom. The van der Waals surface area contributed by atoms with Crippen LogP contribution in [0.3, 0.4) is 0 Å². The number of rotatable bonds is 4. The topological polar surface area (TPSA) is 17.8 Å². The lowest BCUT2D eigenvalue weighted by Gasteiger charge is -2.08. The summed E-state index contributed by atoms with van der Waals surface area (Å²) in [6, 6.07) is 18.5. The first-order valence-electron chi connectivity index (χ1n) is 7.02. The van der Waals surface area contributed by atoms with Gasteiger partial charge in [-0.2, -0.15) is 5.10 Å². The van der Waals surface area contributed by atoms with Crippen LogP contribution in [0.5, 0.6) is 0 Å². The van der Waals surface area contributed by atoms with Crippen LogP contribution in [0, 0.1) is 6.92 Å². The van der Waals surface area contributed by atoms with Crippen molar-refractivity contribution in [3.8, 4) is 5.69 Å². The Balaban J connectivity index is 1.77. The molecule has 3 heteroatoms. The summed E-state index contributed by atoms with van der Waals surface area (Å²) in [6.07, 6.45) is 4.66. The predicted octanol–water partition coefficient (Wildman–Crippen LogP) is 4.70. The Morgan fingerprint density at radius 1 is 1.10 bits per heavy atom. The summed E-state index contributed by atoms with van der Waals surface area (Å²) in [5.74, 6) is 0. The van der Waals surface area contributed by atoms with E-state index in [1.54, 1.807) is 0 Å². The molecule has 1 heterocycles. The zero-order valence-electron chi connectivity index (χ0n) is 11.9. The second-order valence-corrected chi connectivity index (χ2v) is 5.74. The third kappa shape index (κ3) is 3.34. The van der Waals surface area contributed by atoms with Crippen LogP contribution in [-0.4, -0.2) is 9.78 Å². The van der Waals surface area contributed by atoms with Gasteiger partial charge in [0.05, 0.1) is 17.3 Å². The molecular weight excluding hydrogens is 280 g/mol. The second-order valence-electron chi connectivity index (χ2n) is 5.21. The van der Waals surface area contributed by atoms with Gasteiger partial charge in [-0.05, 0) is 31.0 Å². The number of hydrogen-bond donors (Lipinski definition) is 0. The van der Waals surface area contributed by atoms with Gasteiger partial charge in [0.2, 0.25) is 0 Å². The van der Waals surface area contributed by atoms with Gasteiger partial charge in [-0.15, -0.1) is 11.6 Å². The number of nitrogens with zero attached hydrogens (tertiary/aromatic N) is 2. The summed E-state index contributed by atoms with van der Waals surface area (Å²) in [5, 5.41) is 4.33. The predicted molar refractivity (Wildman–Crippen MR) is 87.0 cm³/mol. The lowest BCUT2D eigenvalue weighted by molar-refractivity contribution is 0.876. The molecule has 2 nitrogen and oxygen atoms in total. The molecule has 0 aliphatic heterocycles. The first-order chi connectivity index (χ1) is 10.2. The molecule has 1 aromatic heterocycles. The summed E-state index contributed by atoms with van der Waals surface area (Å²) in [4.78, 5) is 0. The maximum atomic E-state index is 6.54. The Bertz CT molecular complexity index is 719. The van der Waals surface area contributed by atoms with Gasteiger partial charge in [-0.1, -0.05) is 48.0 Å². The van der Waals surface area contributed by atoms with Crippen LogP contribution < -0.4 is 0 Å². The van der Waals surface area contributed by atoms with Gasteiger partial charge in [0.25, 0.3) is 0 Å². The molecule has 0 bridgehead atoms. The Labute approximate surface area is 130 Å². The molecule has 106 valence electrons. The van der Waals surface area contributed by atoms with Gasteiger partial charge in [0, 0.05) is 11.8 Å². The highest BCUT2D eigenvalue weighted by molar-refractivity contribution is 6.20. The van der Waals surface area contributed by atoms with E-state index in [2.05, 4.69) is 36.3 Å². The summed E-state index contributed by atoms with van der Waals surface area (Å²) in [7, 11) is 0. The molecular formula is C18H17ClN2. The van der Waals surface area contributed by atoms with Gasteiger partial charge < -0.3 is 0 Å². The molecule has 0 radical (unpaired) electrons. The quantitative estimate of drug-likeness (QED) is 0.638. The van der Waals surface area contributed by atoms with Gasteiger partial charge >= 0.3 is 0 Å². The summed E-state index contributed by atoms with van der Waals surface area (Å²) in [6.45, 7) is 2.10. The fraction of sp³-hybridized carbons (Fsp3) is 0.167. The minimum absolute atomic E-state index is 0.0655. The maximum Gasteiger partial charge on any atom is 0.0656 e. The van der Waals surface area contributed by atoms with Crippen LogP contribution in [0.25, 0.3) is 5.69 Å². The van der Waals surface area contributed by atoms with Crippen LogP contribution in [0.1, 0.15) is 22.1 Å². The summed E-state index contributed by atoms with van der Waals surface area (Å²) in [5.41, 5.74) is 4.60. The van der Waals surface area contributed by atoms with E-state index in [1.165, 1.54) is 11.1 Å². The van der Waals surface area contributed by atoms with E-state index in [0.29, 0.717) is 0 Å². The fourth-order valence-electron chi connectivity index (χ4n) is 2.38. The average molecular weight is 297 g/mol. The van der Waals surface area contributed by atoms with E-state index in [4.69, 9.17) is 11.6 Å². The van der Waals surface area contributed by atoms with E-state index in [1.807, 2.05) is 47.4 Å². The Kier molecular flexibility index (Phi) is 4.07. The zero-order valence-corrected chi connectivity index (χ0v) is 12.7. The highest BCUT2D eigenvalue weighted by atomic mass is 35.5. The smallest absolute Gasteiger partial charge is 0.0656 e. The third-order valence-corrected chi connectivity index (χ3v) is 3.89. The standard InChI is InChI=1S/C18H17ClN2/c1-14-6-5-7-15(10-14)11-18(19)16-12-20-21(13-16)17-8-3-2-4-9-17/h2-10,12-13,18H,11H2,1H3. The molecule has 0 saturated carbocycles. The first kappa shape index (κ1) is 13.9. The van der Waals surface area contributed by atoms with E-state index in [9.17, 15) is 0 Å². The van der Waals surface area contributed by atoms with Crippen LogP contribution in [0.15, 0.2) is 67.0 Å². The summed E-state index contributed by atoms with van der Waals surface area (Å²) >= 11 is 6.54. The molecule has 0 amide bonds. The first-order valence-corrected chi connectivity index (χ1v) is 7.45. The second kappa shape index (κ2) is 6.15. The third-order valence-electron chi connectivity index (χ3n) is 3.48. The van der Waals surface area contributed by atoms with Crippen molar-refractivity contribution in [3.63, 3.8) is 0 Å². The van der Waals surface area contributed by atoms with E-state index in [0.717, 1.165) is 17.7 Å². The zero-order chi connectivity index (χ0) is 14.7. The number of benzene rings is 2. The van der Waals surface area contributed by atoms with Gasteiger partial charge in [0.15, 0.2) is 0 Å². The normalized spacial score (nSPS) is 12.3. The molecule has 1 atom stereocenters. The van der Waals surface area contributed by atoms with Crippen molar-refractivity contribution in [3.05, 3.63) is 83.7 Å². The number of aromatic nitrogens is 2. The van der Waals surface area contributed by atoms with E-state index in [-0.39, 0.29) is 5.38 Å². The average Bonchev–Trinajstić information content (AvgIpc) is 2.98. The SMILES string of the molecule is Cc1cccc(CC(Cl)c2cnn(-c3ccccc3)c2)c1. The highest BCUT2D eigenvalue weighted by Gasteiger charge is 2.12. The largest absolute Gasteiger partial charge is 0.241 e. The van der Waals surface area contributed by atoms with Crippen molar-refractivity contribution in [2.24, 2.45) is 0 Å². The number of aryl methyl sites for hydroxylation is 1. The van der Waals surface area contributed by atoms with Crippen LogP contribution in [0.4, 0.5) is 0 Å². The number of para-hydroxylation sites is 1. The fourth-order valence-corrected chi connectivity index (χ4v) is 2.68.